The summed E-state index contributed by atoms with van der Waals surface area (Å²) in [6.45, 7) is 6.17. The molecule has 1 fully saturated rings. The minimum atomic E-state index is 0.940. The SMILES string of the molecule is CN1CCN(c2cncc3[nH]c(-c4n[nH]c5ccc(C6=CCNCC6)cc45)cc23)CC1. The highest BCUT2D eigenvalue weighted by Gasteiger charge is 2.19. The van der Waals surface area contributed by atoms with Crippen LogP contribution >= 0.6 is 0 Å². The molecular weight excluding hydrogens is 386 g/mol. The second-order valence-corrected chi connectivity index (χ2v) is 8.61. The van der Waals surface area contributed by atoms with Crippen molar-refractivity contribution < 1.29 is 0 Å². The number of hydrogen-bond donors (Lipinski definition) is 3. The predicted molar refractivity (Wildman–Crippen MR) is 126 cm³/mol. The molecule has 0 radical (unpaired) electrons. The lowest BCUT2D eigenvalue weighted by molar-refractivity contribution is 0.313. The van der Waals surface area contributed by atoms with Gasteiger partial charge in [-0.1, -0.05) is 12.1 Å². The molecule has 0 bridgehead atoms. The van der Waals surface area contributed by atoms with Crippen LogP contribution in [0.2, 0.25) is 0 Å². The number of pyridine rings is 1. The Hall–Kier alpha value is -3.16. The van der Waals surface area contributed by atoms with E-state index in [1.54, 1.807) is 0 Å². The summed E-state index contributed by atoms with van der Waals surface area (Å²) >= 11 is 0. The highest BCUT2D eigenvalue weighted by Crippen LogP contribution is 2.34. The average molecular weight is 414 g/mol. The van der Waals surface area contributed by atoms with Crippen molar-refractivity contribution in [1.29, 1.82) is 0 Å². The van der Waals surface area contributed by atoms with Crippen LogP contribution in [0.5, 0.6) is 0 Å². The molecule has 2 aliphatic heterocycles. The predicted octanol–water partition coefficient (Wildman–Crippen LogP) is 3.23. The lowest BCUT2D eigenvalue weighted by Gasteiger charge is -2.34. The van der Waals surface area contributed by atoms with Crippen LogP contribution in [-0.2, 0) is 0 Å². The number of H-pyrrole nitrogens is 2. The van der Waals surface area contributed by atoms with Crippen LogP contribution in [0.25, 0.3) is 38.8 Å². The zero-order valence-electron chi connectivity index (χ0n) is 17.8. The number of aromatic nitrogens is 4. The normalized spacial score (nSPS) is 18.1. The fourth-order valence-electron chi connectivity index (χ4n) is 4.77. The molecule has 158 valence electrons. The minimum Gasteiger partial charge on any atom is -0.367 e. The van der Waals surface area contributed by atoms with E-state index in [9.17, 15) is 0 Å². The van der Waals surface area contributed by atoms with E-state index in [2.05, 4.69) is 72.7 Å². The molecule has 0 amide bonds. The third kappa shape index (κ3) is 3.30. The molecule has 0 saturated carbocycles. The molecule has 3 N–H and O–H groups in total. The van der Waals surface area contributed by atoms with Crippen molar-refractivity contribution in [2.45, 2.75) is 6.42 Å². The average Bonchev–Trinajstić information content (AvgIpc) is 3.43. The Labute approximate surface area is 181 Å². The molecule has 0 aliphatic carbocycles. The van der Waals surface area contributed by atoms with Gasteiger partial charge < -0.3 is 20.1 Å². The van der Waals surface area contributed by atoms with Crippen molar-refractivity contribution in [3.63, 3.8) is 0 Å². The Kier molecular flexibility index (Phi) is 4.51. The van der Waals surface area contributed by atoms with E-state index in [1.807, 2.05) is 12.4 Å². The lowest BCUT2D eigenvalue weighted by atomic mass is 9.98. The molecule has 4 aromatic rings. The maximum absolute atomic E-state index is 4.67. The summed E-state index contributed by atoms with van der Waals surface area (Å²) in [6.07, 6.45) is 7.26. The first kappa shape index (κ1) is 18.6. The van der Waals surface area contributed by atoms with Crippen LogP contribution in [0.1, 0.15) is 12.0 Å². The summed E-state index contributed by atoms with van der Waals surface area (Å²) in [5, 5.41) is 13.6. The highest BCUT2D eigenvalue weighted by molar-refractivity contribution is 6.00. The van der Waals surface area contributed by atoms with E-state index in [0.29, 0.717) is 0 Å². The Bertz CT molecular complexity index is 1270. The number of fused-ring (bicyclic) bond motifs is 2. The van der Waals surface area contributed by atoms with Crippen molar-refractivity contribution in [1.82, 2.24) is 30.4 Å². The van der Waals surface area contributed by atoms with Crippen LogP contribution in [-0.4, -0.2) is 71.4 Å². The fraction of sp³-hybridized carbons (Fsp3) is 0.333. The van der Waals surface area contributed by atoms with Gasteiger partial charge in [-0.05, 0) is 49.3 Å². The first-order valence-electron chi connectivity index (χ1n) is 11.0. The van der Waals surface area contributed by atoms with Crippen molar-refractivity contribution in [2.75, 3.05) is 51.2 Å². The quantitative estimate of drug-likeness (QED) is 0.481. The largest absolute Gasteiger partial charge is 0.367 e. The first-order valence-corrected chi connectivity index (χ1v) is 11.0. The zero-order valence-corrected chi connectivity index (χ0v) is 17.8. The van der Waals surface area contributed by atoms with Crippen LogP contribution in [0, 0.1) is 0 Å². The molecule has 0 spiro atoms. The smallest absolute Gasteiger partial charge is 0.116 e. The van der Waals surface area contributed by atoms with E-state index >= 15 is 0 Å². The van der Waals surface area contributed by atoms with Crippen LogP contribution in [0.3, 0.4) is 0 Å². The van der Waals surface area contributed by atoms with Crippen LogP contribution in [0.4, 0.5) is 5.69 Å². The molecule has 0 atom stereocenters. The number of hydrogen-bond acceptors (Lipinski definition) is 5. The number of aromatic amines is 2. The lowest BCUT2D eigenvalue weighted by Crippen LogP contribution is -2.44. The van der Waals surface area contributed by atoms with Crippen LogP contribution < -0.4 is 10.2 Å². The number of piperazine rings is 1. The summed E-state index contributed by atoms with van der Waals surface area (Å²) < 4.78 is 0. The molecule has 6 rings (SSSR count). The fourth-order valence-corrected chi connectivity index (χ4v) is 4.77. The summed E-state index contributed by atoms with van der Waals surface area (Å²) in [5.41, 5.74) is 8.00. The Morgan fingerprint density at radius 2 is 1.87 bits per heavy atom. The monoisotopic (exact) mass is 413 g/mol. The van der Waals surface area contributed by atoms with Crippen LogP contribution in [0.15, 0.2) is 42.7 Å². The standard InChI is InChI=1S/C24H27N7/c1-30-8-10-31(11-9-30)23-15-26-14-22-18(23)13-21(27-22)24-19-12-17(2-3-20(19)28-29-24)16-4-6-25-7-5-16/h2-4,12-15,25,27H,5-11H2,1H3,(H,28,29). The van der Waals surface area contributed by atoms with E-state index in [1.165, 1.54) is 22.2 Å². The number of rotatable bonds is 3. The first-order chi connectivity index (χ1) is 15.3. The van der Waals surface area contributed by atoms with Crippen molar-refractivity contribution >= 4 is 33.1 Å². The summed E-state index contributed by atoms with van der Waals surface area (Å²) in [6, 6.07) is 8.85. The van der Waals surface area contributed by atoms with Gasteiger partial charge in [0.2, 0.25) is 0 Å². The molecule has 3 aromatic heterocycles. The molecule has 2 aliphatic rings. The van der Waals surface area contributed by atoms with E-state index < -0.39 is 0 Å². The molecule has 1 saturated heterocycles. The molecule has 7 nitrogen and oxygen atoms in total. The van der Waals surface area contributed by atoms with Gasteiger partial charge in [0.1, 0.15) is 5.69 Å². The Morgan fingerprint density at radius 1 is 0.968 bits per heavy atom. The third-order valence-corrected chi connectivity index (χ3v) is 6.62. The van der Waals surface area contributed by atoms with Gasteiger partial charge in [0.25, 0.3) is 0 Å². The molecule has 5 heterocycles. The van der Waals surface area contributed by atoms with E-state index in [0.717, 1.165) is 73.5 Å². The second kappa shape index (κ2) is 7.51. The maximum atomic E-state index is 4.67. The number of nitrogens with one attached hydrogen (secondary N) is 3. The Balaban J connectivity index is 1.42. The summed E-state index contributed by atoms with van der Waals surface area (Å²) in [7, 11) is 2.18. The molecular formula is C24H27N7. The van der Waals surface area contributed by atoms with Gasteiger partial charge in [0, 0.05) is 43.5 Å². The van der Waals surface area contributed by atoms with Crippen molar-refractivity contribution in [2.24, 2.45) is 0 Å². The number of benzene rings is 1. The highest BCUT2D eigenvalue weighted by atomic mass is 15.3. The van der Waals surface area contributed by atoms with E-state index in [4.69, 9.17) is 0 Å². The molecule has 0 unspecified atom stereocenters. The van der Waals surface area contributed by atoms with Gasteiger partial charge in [0.05, 0.1) is 34.8 Å². The number of anilines is 1. The second-order valence-electron chi connectivity index (χ2n) is 8.61. The van der Waals surface area contributed by atoms with Gasteiger partial charge in [-0.25, -0.2) is 0 Å². The molecule has 31 heavy (non-hydrogen) atoms. The van der Waals surface area contributed by atoms with Gasteiger partial charge in [-0.2, -0.15) is 5.10 Å². The van der Waals surface area contributed by atoms with Gasteiger partial charge in [0.15, 0.2) is 0 Å². The maximum Gasteiger partial charge on any atom is 0.116 e. The van der Waals surface area contributed by atoms with Crippen molar-refractivity contribution in [3.05, 3.63) is 48.3 Å². The van der Waals surface area contributed by atoms with Crippen molar-refractivity contribution in [3.8, 4) is 11.4 Å². The Morgan fingerprint density at radius 3 is 2.71 bits per heavy atom. The topological polar surface area (TPSA) is 75.9 Å². The van der Waals surface area contributed by atoms with Gasteiger partial charge in [-0.3, -0.25) is 10.1 Å². The summed E-state index contributed by atoms with van der Waals surface area (Å²) in [5.74, 6) is 0. The summed E-state index contributed by atoms with van der Waals surface area (Å²) in [4.78, 5) is 12.9. The van der Waals surface area contributed by atoms with E-state index in [-0.39, 0.29) is 0 Å². The number of nitrogens with zero attached hydrogens (tertiary/aromatic N) is 4. The minimum absolute atomic E-state index is 0.940. The molecule has 7 heteroatoms. The third-order valence-electron chi connectivity index (χ3n) is 6.62. The zero-order chi connectivity index (χ0) is 20.8. The van der Waals surface area contributed by atoms with Gasteiger partial charge in [-0.15, -0.1) is 0 Å². The number of likely N-dealkylation sites (N-methyl/N-ethyl adjacent to an activating group) is 1. The van der Waals surface area contributed by atoms with Gasteiger partial charge >= 0.3 is 0 Å². The molecule has 1 aromatic carbocycles.